The van der Waals surface area contributed by atoms with E-state index in [1.165, 1.54) is 18.4 Å². The number of Topliss-reactive ketones (excluding diaryl/α,β-unsaturated/α-hetero) is 1. The Balaban J connectivity index is 1.60. The van der Waals surface area contributed by atoms with Crippen molar-refractivity contribution in [1.82, 2.24) is 5.32 Å². The quantitative estimate of drug-likeness (QED) is 0.732. The molecule has 1 atom stereocenters. The van der Waals surface area contributed by atoms with Gasteiger partial charge in [-0.1, -0.05) is 37.0 Å². The fourth-order valence-electron chi connectivity index (χ4n) is 3.23. The van der Waals surface area contributed by atoms with Crippen molar-refractivity contribution in [3.8, 4) is 11.8 Å². The Labute approximate surface area is 167 Å². The first-order valence-electron chi connectivity index (χ1n) is 9.98. The third-order valence-electron chi connectivity index (χ3n) is 4.90. The lowest BCUT2D eigenvalue weighted by molar-refractivity contribution is -0.117. The Morgan fingerprint density at radius 2 is 1.79 bits per heavy atom. The summed E-state index contributed by atoms with van der Waals surface area (Å²) in [6, 6.07) is 15.6. The molecule has 1 aliphatic carbocycles. The molecular formula is C25H27NO2. The highest BCUT2D eigenvalue weighted by atomic mass is 16.1. The molecule has 2 aromatic carbocycles. The number of carbonyl (C=O) groups excluding carboxylic acids is 2. The third-order valence-corrected chi connectivity index (χ3v) is 4.90. The summed E-state index contributed by atoms with van der Waals surface area (Å²) < 4.78 is 0. The van der Waals surface area contributed by atoms with Crippen molar-refractivity contribution in [2.45, 2.75) is 39.5 Å². The zero-order valence-corrected chi connectivity index (χ0v) is 16.6. The molecule has 144 valence electrons. The number of rotatable bonds is 7. The molecule has 1 aliphatic rings. The summed E-state index contributed by atoms with van der Waals surface area (Å²) in [5.41, 5.74) is 3.64. The van der Waals surface area contributed by atoms with Gasteiger partial charge in [-0.2, -0.15) is 0 Å². The normalized spacial score (nSPS) is 13.9. The van der Waals surface area contributed by atoms with E-state index in [0.717, 1.165) is 24.1 Å². The molecule has 28 heavy (non-hydrogen) atoms. The predicted octanol–water partition coefficient (Wildman–Crippen LogP) is 4.38. The van der Waals surface area contributed by atoms with Gasteiger partial charge in [0.05, 0.1) is 0 Å². The van der Waals surface area contributed by atoms with Crippen LogP contribution < -0.4 is 5.32 Å². The van der Waals surface area contributed by atoms with E-state index in [2.05, 4.69) is 36.2 Å². The van der Waals surface area contributed by atoms with Crippen LogP contribution in [0.5, 0.6) is 0 Å². The summed E-state index contributed by atoms with van der Waals surface area (Å²) in [5, 5.41) is 2.99. The van der Waals surface area contributed by atoms with Crippen molar-refractivity contribution in [2.75, 3.05) is 6.54 Å². The molecular weight excluding hydrogens is 346 g/mol. The molecule has 1 saturated carbocycles. The molecule has 1 unspecified atom stereocenters. The van der Waals surface area contributed by atoms with Crippen LogP contribution in [0, 0.1) is 23.7 Å². The minimum Gasteiger partial charge on any atom is -0.352 e. The van der Waals surface area contributed by atoms with Crippen LogP contribution in [0.3, 0.4) is 0 Å². The number of hydrogen-bond donors (Lipinski definition) is 1. The van der Waals surface area contributed by atoms with Crippen LogP contribution in [0.1, 0.15) is 60.2 Å². The van der Waals surface area contributed by atoms with Gasteiger partial charge in [0.1, 0.15) is 5.78 Å². The van der Waals surface area contributed by atoms with Crippen molar-refractivity contribution < 1.29 is 9.59 Å². The van der Waals surface area contributed by atoms with E-state index in [1.807, 2.05) is 36.4 Å². The predicted molar refractivity (Wildman–Crippen MR) is 112 cm³/mol. The van der Waals surface area contributed by atoms with Crippen LogP contribution in [0.4, 0.5) is 0 Å². The topological polar surface area (TPSA) is 46.2 Å². The second-order valence-corrected chi connectivity index (χ2v) is 7.90. The van der Waals surface area contributed by atoms with Crippen molar-refractivity contribution in [3.05, 3.63) is 70.8 Å². The second kappa shape index (κ2) is 9.37. The Morgan fingerprint density at radius 3 is 2.46 bits per heavy atom. The van der Waals surface area contributed by atoms with E-state index in [-0.39, 0.29) is 11.7 Å². The van der Waals surface area contributed by atoms with Crippen LogP contribution in [-0.4, -0.2) is 18.2 Å². The molecule has 3 nitrogen and oxygen atoms in total. The molecule has 0 aliphatic heterocycles. The van der Waals surface area contributed by atoms with Crippen molar-refractivity contribution in [2.24, 2.45) is 11.8 Å². The lowest BCUT2D eigenvalue weighted by atomic mass is 9.96. The van der Waals surface area contributed by atoms with Gasteiger partial charge in [0, 0.05) is 29.7 Å². The lowest BCUT2D eigenvalue weighted by Gasteiger charge is -2.09. The molecule has 0 bridgehead atoms. The molecule has 1 amide bonds. The van der Waals surface area contributed by atoms with E-state index < -0.39 is 0 Å². The minimum absolute atomic E-state index is 0.0282. The van der Waals surface area contributed by atoms with Crippen LogP contribution >= 0.6 is 0 Å². The van der Waals surface area contributed by atoms with Crippen molar-refractivity contribution in [1.29, 1.82) is 0 Å². The van der Waals surface area contributed by atoms with Gasteiger partial charge in [-0.25, -0.2) is 0 Å². The van der Waals surface area contributed by atoms with Gasteiger partial charge in [-0.15, -0.1) is 0 Å². The average Bonchev–Trinajstić information content (AvgIpc) is 3.49. The molecule has 0 heterocycles. The van der Waals surface area contributed by atoms with Gasteiger partial charge in [0.15, 0.2) is 0 Å². The fourth-order valence-corrected chi connectivity index (χ4v) is 3.23. The minimum atomic E-state index is -0.0282. The maximum Gasteiger partial charge on any atom is 0.251 e. The SMILES string of the molecule is CC(=O)CC(C)Cc1ccc(C#Cc2cccc(C(=O)NCC3CC3)c2)cc1. The molecule has 0 spiro atoms. The molecule has 3 heteroatoms. The molecule has 0 aromatic heterocycles. The largest absolute Gasteiger partial charge is 0.352 e. The highest BCUT2D eigenvalue weighted by Gasteiger charge is 2.21. The van der Waals surface area contributed by atoms with Gasteiger partial charge in [0.2, 0.25) is 0 Å². The zero-order valence-electron chi connectivity index (χ0n) is 16.6. The number of benzene rings is 2. The van der Waals surface area contributed by atoms with E-state index in [4.69, 9.17) is 0 Å². The molecule has 0 radical (unpaired) electrons. The zero-order chi connectivity index (χ0) is 19.9. The smallest absolute Gasteiger partial charge is 0.251 e. The number of hydrogen-bond acceptors (Lipinski definition) is 2. The second-order valence-electron chi connectivity index (χ2n) is 7.90. The number of amides is 1. The number of carbonyl (C=O) groups is 2. The van der Waals surface area contributed by atoms with Gasteiger partial charge in [-0.05, 0) is 73.9 Å². The fraction of sp³-hybridized carbons (Fsp3) is 0.360. The van der Waals surface area contributed by atoms with Crippen LogP contribution in [-0.2, 0) is 11.2 Å². The number of ketones is 1. The summed E-state index contributed by atoms with van der Waals surface area (Å²) in [4.78, 5) is 23.4. The van der Waals surface area contributed by atoms with Crippen molar-refractivity contribution >= 4 is 11.7 Å². The summed E-state index contributed by atoms with van der Waals surface area (Å²) in [6.07, 6.45) is 3.96. The summed E-state index contributed by atoms with van der Waals surface area (Å²) in [5.74, 6) is 7.53. The first-order chi connectivity index (χ1) is 13.5. The van der Waals surface area contributed by atoms with Gasteiger partial charge in [-0.3, -0.25) is 4.79 Å². The molecule has 1 N–H and O–H groups in total. The Hall–Kier alpha value is -2.86. The first kappa shape index (κ1) is 19.9. The standard InChI is InChI=1S/C25H27NO2/c1-18(14-19(2)27)15-22-10-7-20(8-11-22)6-9-21-4-3-5-24(16-21)25(28)26-17-23-12-13-23/h3-5,7-8,10-11,16,18,23H,12-15,17H2,1-2H3,(H,26,28). The molecule has 0 saturated heterocycles. The van der Waals surface area contributed by atoms with Crippen molar-refractivity contribution in [3.63, 3.8) is 0 Å². The van der Waals surface area contributed by atoms with E-state index in [1.54, 1.807) is 6.92 Å². The van der Waals surface area contributed by atoms with E-state index in [0.29, 0.717) is 23.8 Å². The Morgan fingerprint density at radius 1 is 1.07 bits per heavy atom. The maximum atomic E-state index is 12.2. The molecule has 3 rings (SSSR count). The average molecular weight is 373 g/mol. The van der Waals surface area contributed by atoms with Gasteiger partial charge < -0.3 is 10.1 Å². The Kier molecular flexibility index (Phi) is 6.66. The molecule has 2 aromatic rings. The maximum absolute atomic E-state index is 12.2. The van der Waals surface area contributed by atoms with Gasteiger partial charge in [0.25, 0.3) is 5.91 Å². The van der Waals surface area contributed by atoms with Crippen LogP contribution in [0.25, 0.3) is 0 Å². The summed E-state index contributed by atoms with van der Waals surface area (Å²) in [6.45, 7) is 4.51. The monoisotopic (exact) mass is 373 g/mol. The first-order valence-corrected chi connectivity index (χ1v) is 9.98. The van der Waals surface area contributed by atoms with Crippen LogP contribution in [0.15, 0.2) is 48.5 Å². The lowest BCUT2D eigenvalue weighted by Crippen LogP contribution is -2.25. The molecule has 1 fully saturated rings. The Bertz CT molecular complexity index is 898. The van der Waals surface area contributed by atoms with Gasteiger partial charge >= 0.3 is 0 Å². The van der Waals surface area contributed by atoms with E-state index in [9.17, 15) is 9.59 Å². The summed E-state index contributed by atoms with van der Waals surface area (Å²) >= 11 is 0. The highest BCUT2D eigenvalue weighted by Crippen LogP contribution is 2.27. The van der Waals surface area contributed by atoms with E-state index >= 15 is 0 Å². The highest BCUT2D eigenvalue weighted by molar-refractivity contribution is 5.94. The third kappa shape index (κ3) is 6.39. The van der Waals surface area contributed by atoms with Crippen LogP contribution in [0.2, 0.25) is 0 Å². The summed E-state index contributed by atoms with van der Waals surface area (Å²) in [7, 11) is 0. The number of nitrogens with one attached hydrogen (secondary N) is 1.